The molecule has 1 rings (SSSR count). The molecule has 0 bridgehead atoms. The molecule has 0 aromatic rings. The van der Waals surface area contributed by atoms with Crippen molar-refractivity contribution >= 4 is 21.7 Å². The van der Waals surface area contributed by atoms with E-state index in [0.717, 1.165) is 30.2 Å². The van der Waals surface area contributed by atoms with Crippen LogP contribution in [0.4, 0.5) is 0 Å². The molecular formula is C8H11BrO. The Balaban J connectivity index is 2.82. The first-order valence-corrected chi connectivity index (χ1v) is 4.45. The number of carbonyl (C=O) groups excluding carboxylic acids is 1. The number of hydrogen-bond acceptors (Lipinski definition) is 1. The lowest BCUT2D eigenvalue weighted by atomic mass is 9.97. The molecule has 1 aliphatic rings. The molecule has 2 heteroatoms. The van der Waals surface area contributed by atoms with Gasteiger partial charge < -0.3 is 0 Å². The monoisotopic (exact) mass is 202 g/mol. The average molecular weight is 203 g/mol. The van der Waals surface area contributed by atoms with Gasteiger partial charge in [0.25, 0.3) is 0 Å². The second-order valence-electron chi connectivity index (χ2n) is 2.55. The van der Waals surface area contributed by atoms with E-state index >= 15 is 0 Å². The lowest BCUT2D eigenvalue weighted by molar-refractivity contribution is -0.115. The Kier molecular flexibility index (Phi) is 2.66. The van der Waals surface area contributed by atoms with Gasteiger partial charge in [0.15, 0.2) is 5.78 Å². The lowest BCUT2D eigenvalue weighted by Gasteiger charge is -2.12. The number of Topliss-reactive ketones (excluding diaryl/α,β-unsaturated/α-hetero) is 1. The Morgan fingerprint density at radius 1 is 1.50 bits per heavy atom. The summed E-state index contributed by atoms with van der Waals surface area (Å²) in [4.78, 5) is 11.1. The fraction of sp³-hybridized carbons (Fsp3) is 0.625. The third-order valence-corrected chi connectivity index (χ3v) is 2.87. The predicted molar refractivity (Wildman–Crippen MR) is 45.1 cm³/mol. The molecule has 0 heterocycles. The summed E-state index contributed by atoms with van der Waals surface area (Å²) < 4.78 is 0.848. The second-order valence-corrected chi connectivity index (χ2v) is 3.34. The van der Waals surface area contributed by atoms with Crippen LogP contribution in [0.1, 0.15) is 32.6 Å². The highest BCUT2D eigenvalue weighted by molar-refractivity contribution is 9.12. The summed E-state index contributed by atoms with van der Waals surface area (Å²) in [7, 11) is 0. The van der Waals surface area contributed by atoms with Crippen LogP contribution in [0, 0.1) is 0 Å². The smallest absolute Gasteiger partial charge is 0.169 e. The van der Waals surface area contributed by atoms with Crippen molar-refractivity contribution in [2.24, 2.45) is 0 Å². The Labute approximate surface area is 69.6 Å². The van der Waals surface area contributed by atoms with Gasteiger partial charge in [0.1, 0.15) is 0 Å². The number of halogens is 1. The van der Waals surface area contributed by atoms with E-state index in [0.29, 0.717) is 0 Å². The third-order valence-electron chi connectivity index (χ3n) is 1.86. The number of ketones is 1. The van der Waals surface area contributed by atoms with E-state index in [4.69, 9.17) is 0 Å². The molecule has 0 amide bonds. The number of allylic oxidation sites excluding steroid dienone is 2. The SMILES string of the molecule is CCC1=C(Br)C(=O)CCC1. The van der Waals surface area contributed by atoms with Crippen LogP contribution in [-0.4, -0.2) is 5.78 Å². The zero-order valence-electron chi connectivity index (χ0n) is 6.11. The van der Waals surface area contributed by atoms with Gasteiger partial charge in [-0.25, -0.2) is 0 Å². The molecule has 0 aromatic heterocycles. The van der Waals surface area contributed by atoms with Gasteiger partial charge in [-0.3, -0.25) is 4.79 Å². The first-order valence-electron chi connectivity index (χ1n) is 3.66. The Bertz CT molecular complexity index is 182. The van der Waals surface area contributed by atoms with E-state index in [1.165, 1.54) is 5.57 Å². The van der Waals surface area contributed by atoms with Gasteiger partial charge in [-0.1, -0.05) is 12.5 Å². The van der Waals surface area contributed by atoms with Gasteiger partial charge in [0, 0.05) is 6.42 Å². The molecule has 0 saturated heterocycles. The van der Waals surface area contributed by atoms with Crippen LogP contribution in [0.15, 0.2) is 10.1 Å². The minimum absolute atomic E-state index is 0.281. The first-order chi connectivity index (χ1) is 4.75. The molecule has 0 spiro atoms. The fourth-order valence-corrected chi connectivity index (χ4v) is 1.89. The van der Waals surface area contributed by atoms with Crippen molar-refractivity contribution in [3.05, 3.63) is 10.1 Å². The molecule has 10 heavy (non-hydrogen) atoms. The highest BCUT2D eigenvalue weighted by atomic mass is 79.9. The number of rotatable bonds is 1. The molecule has 0 atom stereocenters. The van der Waals surface area contributed by atoms with E-state index in [2.05, 4.69) is 22.9 Å². The maximum Gasteiger partial charge on any atom is 0.169 e. The Morgan fingerprint density at radius 3 is 2.70 bits per heavy atom. The van der Waals surface area contributed by atoms with Gasteiger partial charge >= 0.3 is 0 Å². The second kappa shape index (κ2) is 3.33. The molecule has 0 radical (unpaired) electrons. The van der Waals surface area contributed by atoms with Crippen molar-refractivity contribution in [2.45, 2.75) is 32.6 Å². The molecule has 0 unspecified atom stereocenters. The summed E-state index contributed by atoms with van der Waals surface area (Å²) in [6, 6.07) is 0. The first kappa shape index (κ1) is 7.99. The topological polar surface area (TPSA) is 17.1 Å². The van der Waals surface area contributed by atoms with E-state index in [1.54, 1.807) is 0 Å². The summed E-state index contributed by atoms with van der Waals surface area (Å²) in [6.45, 7) is 2.09. The Hall–Kier alpha value is -0.110. The van der Waals surface area contributed by atoms with Crippen LogP contribution in [0.5, 0.6) is 0 Å². The maximum absolute atomic E-state index is 11.1. The lowest BCUT2D eigenvalue weighted by Crippen LogP contribution is -2.06. The minimum atomic E-state index is 0.281. The van der Waals surface area contributed by atoms with Crippen LogP contribution in [0.3, 0.4) is 0 Å². The maximum atomic E-state index is 11.1. The van der Waals surface area contributed by atoms with Crippen LogP contribution in [0.25, 0.3) is 0 Å². The van der Waals surface area contributed by atoms with E-state index in [-0.39, 0.29) is 5.78 Å². The third kappa shape index (κ3) is 1.48. The van der Waals surface area contributed by atoms with Crippen molar-refractivity contribution in [1.29, 1.82) is 0 Å². The molecule has 1 nitrogen and oxygen atoms in total. The normalized spacial score (nSPS) is 20.0. The highest BCUT2D eigenvalue weighted by Gasteiger charge is 2.15. The Morgan fingerprint density at radius 2 is 2.20 bits per heavy atom. The average Bonchev–Trinajstić information content (AvgIpc) is 1.95. The molecule has 56 valence electrons. The van der Waals surface area contributed by atoms with Crippen LogP contribution < -0.4 is 0 Å². The zero-order chi connectivity index (χ0) is 7.56. The summed E-state index contributed by atoms with van der Waals surface area (Å²) in [5.41, 5.74) is 1.29. The largest absolute Gasteiger partial charge is 0.294 e. The number of carbonyl (C=O) groups is 1. The molecule has 1 aliphatic carbocycles. The van der Waals surface area contributed by atoms with Crippen molar-refractivity contribution in [3.8, 4) is 0 Å². The van der Waals surface area contributed by atoms with Gasteiger partial charge in [-0.2, -0.15) is 0 Å². The van der Waals surface area contributed by atoms with Crippen LogP contribution in [-0.2, 0) is 4.79 Å². The zero-order valence-corrected chi connectivity index (χ0v) is 7.70. The standard InChI is InChI=1S/C8H11BrO/c1-2-6-4-3-5-7(10)8(6)9/h2-5H2,1H3. The molecular weight excluding hydrogens is 192 g/mol. The van der Waals surface area contributed by atoms with Crippen LogP contribution in [0.2, 0.25) is 0 Å². The molecule has 0 N–H and O–H groups in total. The van der Waals surface area contributed by atoms with E-state index in [1.807, 2.05) is 0 Å². The minimum Gasteiger partial charge on any atom is -0.294 e. The van der Waals surface area contributed by atoms with Crippen molar-refractivity contribution in [2.75, 3.05) is 0 Å². The fourth-order valence-electron chi connectivity index (χ4n) is 1.21. The number of hydrogen-bond donors (Lipinski definition) is 0. The summed E-state index contributed by atoms with van der Waals surface area (Å²) in [5, 5.41) is 0. The summed E-state index contributed by atoms with van der Waals surface area (Å²) in [6.07, 6.45) is 3.87. The van der Waals surface area contributed by atoms with E-state index < -0.39 is 0 Å². The van der Waals surface area contributed by atoms with Crippen molar-refractivity contribution in [3.63, 3.8) is 0 Å². The predicted octanol–water partition coefficient (Wildman–Crippen LogP) is 2.80. The quantitative estimate of drug-likeness (QED) is 0.640. The van der Waals surface area contributed by atoms with Gasteiger partial charge in [-0.05, 0) is 35.2 Å². The summed E-state index contributed by atoms with van der Waals surface area (Å²) >= 11 is 3.31. The van der Waals surface area contributed by atoms with Gasteiger partial charge in [0.05, 0.1) is 4.48 Å². The molecule has 0 saturated carbocycles. The molecule has 0 aliphatic heterocycles. The van der Waals surface area contributed by atoms with Crippen LogP contribution >= 0.6 is 15.9 Å². The highest BCUT2D eigenvalue weighted by Crippen LogP contribution is 2.27. The molecule has 0 fully saturated rings. The molecule has 0 aromatic carbocycles. The van der Waals surface area contributed by atoms with Gasteiger partial charge in [-0.15, -0.1) is 0 Å². The summed E-state index contributed by atoms with van der Waals surface area (Å²) in [5.74, 6) is 0.281. The van der Waals surface area contributed by atoms with Crippen molar-refractivity contribution < 1.29 is 4.79 Å². The van der Waals surface area contributed by atoms with E-state index in [9.17, 15) is 4.79 Å². The van der Waals surface area contributed by atoms with Crippen molar-refractivity contribution in [1.82, 2.24) is 0 Å². The van der Waals surface area contributed by atoms with Gasteiger partial charge in [0.2, 0.25) is 0 Å².